The van der Waals surface area contributed by atoms with Gasteiger partial charge in [-0.3, -0.25) is 13.7 Å². The van der Waals surface area contributed by atoms with Crippen LogP contribution >= 0.6 is 7.82 Å². The molecular formula is C12H29Na2O8PS. The van der Waals surface area contributed by atoms with Crippen LogP contribution < -0.4 is 64.0 Å². The maximum absolute atomic E-state index is 8.77. The van der Waals surface area contributed by atoms with Crippen LogP contribution in [0, 0.1) is 6.92 Å². The molecule has 0 radical (unpaired) electrons. The molecule has 138 valence electrons. The van der Waals surface area contributed by atoms with Crippen LogP contribution in [-0.4, -0.2) is 27.3 Å². The molecule has 0 bridgehead atoms. The van der Waals surface area contributed by atoms with Gasteiger partial charge >= 0.3 is 69.5 Å². The van der Waals surface area contributed by atoms with Crippen molar-refractivity contribution in [1.82, 2.24) is 0 Å². The first-order chi connectivity index (χ1) is 9.91. The topological polar surface area (TPSA) is 155 Å². The zero-order valence-electron chi connectivity index (χ0n) is 15.1. The molecule has 4 N–H and O–H groups in total. The summed E-state index contributed by atoms with van der Waals surface area (Å²) in [6, 6.07) is 0. The van der Waals surface area contributed by atoms with Gasteiger partial charge in [-0.2, -0.15) is 14.8 Å². The summed E-state index contributed by atoms with van der Waals surface area (Å²) in [5.74, 6) is 0. The van der Waals surface area contributed by atoms with Crippen LogP contribution in [0.25, 0.3) is 0 Å². The normalized spacial score (nSPS) is 10.1. The second-order valence-corrected chi connectivity index (χ2v) is 6.50. The molecule has 0 heterocycles. The van der Waals surface area contributed by atoms with Crippen LogP contribution in [0.15, 0.2) is 0 Å². The first-order valence-corrected chi connectivity index (χ1v) is 10.1. The van der Waals surface area contributed by atoms with E-state index < -0.39 is 18.2 Å². The molecule has 0 aromatic heterocycles. The zero-order valence-corrected chi connectivity index (χ0v) is 20.8. The maximum Gasteiger partial charge on any atom is 1.00 e. The Bertz CT molecular complexity index is 336. The minimum absolute atomic E-state index is 0. The van der Waals surface area contributed by atoms with E-state index >= 15 is 0 Å². The van der Waals surface area contributed by atoms with Crippen molar-refractivity contribution in [3.05, 3.63) is 6.92 Å². The fourth-order valence-corrected chi connectivity index (χ4v) is 1.49. The Kier molecular flexibility index (Phi) is 38.3. The van der Waals surface area contributed by atoms with Gasteiger partial charge in [-0.15, -0.1) is 0 Å². The van der Waals surface area contributed by atoms with Crippen molar-refractivity contribution in [2.24, 2.45) is 0 Å². The van der Waals surface area contributed by atoms with Crippen LogP contribution in [0.1, 0.15) is 71.1 Å². The summed E-state index contributed by atoms with van der Waals surface area (Å²) in [6.45, 7) is 6.12. The summed E-state index contributed by atoms with van der Waals surface area (Å²) < 4.78 is 40.4. The Morgan fingerprint density at radius 1 is 0.875 bits per heavy atom. The number of unbranched alkanes of at least 4 members (excludes halogenated alkanes) is 9. The monoisotopic (exact) mass is 410 g/mol. The van der Waals surface area contributed by atoms with Crippen molar-refractivity contribution in [3.8, 4) is 0 Å². The summed E-state index contributed by atoms with van der Waals surface area (Å²) in [5, 5.41) is 0. The number of phosphoric acid groups is 1. The summed E-state index contributed by atoms with van der Waals surface area (Å²) in [6.07, 6.45) is 13.9. The summed E-state index contributed by atoms with van der Waals surface area (Å²) >= 11 is 0. The molecule has 0 saturated heterocycles. The van der Waals surface area contributed by atoms with Gasteiger partial charge in [0.2, 0.25) is 0 Å². The molecule has 0 amide bonds. The Labute approximate surface area is 190 Å². The SMILES string of the molecule is O=P([O-])(O)O.O=S(=O)(O)O.[CH2-]CCCCCCCCCCC.[Na+].[Na+]. The van der Waals surface area contributed by atoms with Crippen molar-refractivity contribution >= 4 is 18.2 Å². The van der Waals surface area contributed by atoms with Gasteiger partial charge in [-0.1, -0.05) is 64.7 Å². The summed E-state index contributed by atoms with van der Waals surface area (Å²) in [5.41, 5.74) is 0. The summed E-state index contributed by atoms with van der Waals surface area (Å²) in [4.78, 5) is 22.9. The molecule has 0 saturated carbocycles. The Morgan fingerprint density at radius 2 is 1.08 bits per heavy atom. The van der Waals surface area contributed by atoms with E-state index in [1.54, 1.807) is 0 Å². The predicted molar refractivity (Wildman–Crippen MR) is 83.4 cm³/mol. The van der Waals surface area contributed by atoms with Gasteiger partial charge in [0.05, 0.1) is 0 Å². The molecule has 0 aromatic carbocycles. The van der Waals surface area contributed by atoms with Crippen molar-refractivity contribution in [1.29, 1.82) is 0 Å². The predicted octanol–water partition coefficient (Wildman–Crippen LogP) is -3.46. The van der Waals surface area contributed by atoms with Crippen molar-refractivity contribution in [3.63, 3.8) is 0 Å². The van der Waals surface area contributed by atoms with E-state index in [0.29, 0.717) is 0 Å². The van der Waals surface area contributed by atoms with Gasteiger partial charge in [-0.05, 0) is 0 Å². The van der Waals surface area contributed by atoms with Gasteiger partial charge < -0.3 is 21.6 Å². The van der Waals surface area contributed by atoms with Crippen molar-refractivity contribution in [2.45, 2.75) is 71.1 Å². The number of hydrogen-bond acceptors (Lipinski definition) is 4. The third-order valence-corrected chi connectivity index (χ3v) is 2.35. The molecule has 0 aliphatic carbocycles. The van der Waals surface area contributed by atoms with Gasteiger partial charge in [0, 0.05) is 0 Å². The maximum atomic E-state index is 8.77. The summed E-state index contributed by atoms with van der Waals surface area (Å²) in [7, 11) is -9.56. The van der Waals surface area contributed by atoms with E-state index in [2.05, 4.69) is 13.8 Å². The largest absolute Gasteiger partial charge is 1.00 e. The molecule has 0 aromatic rings. The minimum Gasteiger partial charge on any atom is -0.756 e. The van der Waals surface area contributed by atoms with Gasteiger partial charge in [-0.25, -0.2) is 0 Å². The van der Waals surface area contributed by atoms with Crippen molar-refractivity contribution in [2.75, 3.05) is 0 Å². The molecular weight excluding hydrogens is 381 g/mol. The number of rotatable bonds is 9. The van der Waals surface area contributed by atoms with Crippen LogP contribution in [0.3, 0.4) is 0 Å². The van der Waals surface area contributed by atoms with Gasteiger partial charge in [0.15, 0.2) is 0 Å². The molecule has 0 rings (SSSR count). The molecule has 0 spiro atoms. The van der Waals surface area contributed by atoms with Gasteiger partial charge in [0.1, 0.15) is 0 Å². The van der Waals surface area contributed by atoms with Gasteiger partial charge in [0.25, 0.3) is 7.82 Å². The number of hydrogen-bond donors (Lipinski definition) is 4. The smallest absolute Gasteiger partial charge is 0.756 e. The molecule has 0 atom stereocenters. The molecule has 12 heteroatoms. The average Bonchev–Trinajstić information content (AvgIpc) is 2.28. The first-order valence-electron chi connectivity index (χ1n) is 7.17. The fourth-order valence-electron chi connectivity index (χ4n) is 1.49. The Hall–Kier alpha value is 1.98. The van der Waals surface area contributed by atoms with E-state index in [1.165, 1.54) is 57.8 Å². The third kappa shape index (κ3) is 105. The first kappa shape index (κ1) is 36.8. The quantitative estimate of drug-likeness (QED) is 0.101. The molecule has 0 aliphatic rings. The molecule has 8 nitrogen and oxygen atoms in total. The average molecular weight is 410 g/mol. The van der Waals surface area contributed by atoms with Crippen LogP contribution in [0.4, 0.5) is 0 Å². The van der Waals surface area contributed by atoms with E-state index in [4.69, 9.17) is 36.8 Å². The van der Waals surface area contributed by atoms with E-state index in [9.17, 15) is 0 Å². The van der Waals surface area contributed by atoms with Crippen LogP contribution in [0.5, 0.6) is 0 Å². The second-order valence-electron chi connectivity index (χ2n) is 4.62. The van der Waals surface area contributed by atoms with Crippen LogP contribution in [0.2, 0.25) is 0 Å². The Morgan fingerprint density at radius 3 is 1.29 bits per heavy atom. The van der Waals surface area contributed by atoms with Crippen molar-refractivity contribution < 1.29 is 95.9 Å². The van der Waals surface area contributed by atoms with Crippen LogP contribution in [-0.2, 0) is 15.0 Å². The minimum atomic E-state index is -4.89. The van der Waals surface area contributed by atoms with E-state index in [0.717, 1.165) is 6.42 Å². The second kappa shape index (κ2) is 25.0. The fraction of sp³-hybridized carbons (Fsp3) is 0.917. The molecule has 24 heavy (non-hydrogen) atoms. The molecule has 0 aliphatic heterocycles. The molecule has 0 unspecified atom stereocenters. The van der Waals surface area contributed by atoms with E-state index in [-0.39, 0.29) is 59.1 Å². The Balaban J connectivity index is -0.0000000847. The standard InChI is InChI=1S/C12H25.2Na.H3O4P.H2O4S/c1-3-5-7-9-11-12-10-8-6-4-2;;;2*1-5(2,3)4/h1,3-12H2,2H3;;;(H3,1,2,3,4);(H2,1,2,3,4)/q-1;2*+1;;/p-1. The zero-order chi connectivity index (χ0) is 18.1. The molecule has 0 fully saturated rings. The van der Waals surface area contributed by atoms with E-state index in [1.807, 2.05) is 0 Å². The third-order valence-electron chi connectivity index (χ3n) is 2.35.